The fraction of sp³-hybridized carbons (Fsp3) is 0.667. The molecular formula is C21H36N4O2. The van der Waals surface area contributed by atoms with Crippen LogP contribution < -0.4 is 20.1 Å². The van der Waals surface area contributed by atoms with Crippen LogP contribution in [0.15, 0.2) is 23.2 Å². The van der Waals surface area contributed by atoms with E-state index in [2.05, 4.69) is 35.4 Å². The van der Waals surface area contributed by atoms with Crippen molar-refractivity contribution in [3.63, 3.8) is 0 Å². The number of methoxy groups -OCH3 is 2. The van der Waals surface area contributed by atoms with E-state index in [1.807, 2.05) is 12.1 Å². The van der Waals surface area contributed by atoms with Crippen LogP contribution in [0.5, 0.6) is 11.5 Å². The topological polar surface area (TPSA) is 58.1 Å². The van der Waals surface area contributed by atoms with Crippen molar-refractivity contribution in [3.05, 3.63) is 23.8 Å². The van der Waals surface area contributed by atoms with Crippen LogP contribution in [-0.2, 0) is 6.42 Å². The first-order valence-electron chi connectivity index (χ1n) is 10.2. The van der Waals surface area contributed by atoms with E-state index in [9.17, 15) is 0 Å². The van der Waals surface area contributed by atoms with Crippen LogP contribution >= 0.6 is 0 Å². The monoisotopic (exact) mass is 376 g/mol. The molecule has 0 bridgehead atoms. The standard InChI is InChI=1S/C21H36N4O2/c1-5-22-21(24-15-18-8-7-13-25(6-2)16-18)23-12-11-17-9-10-19(26-3)20(14-17)27-4/h9-10,14,18H,5-8,11-13,15-16H2,1-4H3,(H2,22,23,24). The SMILES string of the molecule is CCNC(=NCC1CCCN(CC)C1)NCCc1ccc(OC)c(OC)c1. The molecule has 2 rings (SSSR count). The molecule has 2 N–H and O–H groups in total. The van der Waals surface area contributed by atoms with E-state index >= 15 is 0 Å². The summed E-state index contributed by atoms with van der Waals surface area (Å²) in [6, 6.07) is 6.07. The van der Waals surface area contributed by atoms with Crippen LogP contribution in [0.4, 0.5) is 0 Å². The molecule has 1 aromatic rings. The van der Waals surface area contributed by atoms with Gasteiger partial charge in [-0.15, -0.1) is 0 Å². The van der Waals surface area contributed by atoms with Gasteiger partial charge in [-0.05, 0) is 62.9 Å². The van der Waals surface area contributed by atoms with E-state index in [-0.39, 0.29) is 0 Å². The fourth-order valence-electron chi connectivity index (χ4n) is 3.51. The summed E-state index contributed by atoms with van der Waals surface area (Å²) in [5.41, 5.74) is 1.21. The van der Waals surface area contributed by atoms with Crippen molar-refractivity contribution >= 4 is 5.96 Å². The van der Waals surface area contributed by atoms with Gasteiger partial charge in [0, 0.05) is 26.2 Å². The van der Waals surface area contributed by atoms with E-state index in [1.54, 1.807) is 14.2 Å². The summed E-state index contributed by atoms with van der Waals surface area (Å²) in [4.78, 5) is 7.35. The van der Waals surface area contributed by atoms with E-state index < -0.39 is 0 Å². The summed E-state index contributed by atoms with van der Waals surface area (Å²) in [6.45, 7) is 10.5. The van der Waals surface area contributed by atoms with Crippen LogP contribution in [0.2, 0.25) is 0 Å². The third kappa shape index (κ3) is 6.94. The lowest BCUT2D eigenvalue weighted by Crippen LogP contribution is -2.40. The number of rotatable bonds is 9. The Bertz CT molecular complexity index is 592. The number of ether oxygens (including phenoxy) is 2. The zero-order valence-corrected chi connectivity index (χ0v) is 17.4. The molecule has 1 aromatic carbocycles. The summed E-state index contributed by atoms with van der Waals surface area (Å²) in [6.07, 6.45) is 3.47. The van der Waals surface area contributed by atoms with Crippen molar-refractivity contribution in [2.75, 3.05) is 53.5 Å². The molecule has 6 heteroatoms. The summed E-state index contributed by atoms with van der Waals surface area (Å²) in [5, 5.41) is 6.81. The maximum Gasteiger partial charge on any atom is 0.191 e. The van der Waals surface area contributed by atoms with Crippen LogP contribution in [0.3, 0.4) is 0 Å². The fourth-order valence-corrected chi connectivity index (χ4v) is 3.51. The smallest absolute Gasteiger partial charge is 0.191 e. The quantitative estimate of drug-likeness (QED) is 0.512. The van der Waals surface area contributed by atoms with E-state index in [0.717, 1.165) is 50.1 Å². The maximum atomic E-state index is 5.38. The summed E-state index contributed by atoms with van der Waals surface area (Å²) >= 11 is 0. The first kappa shape index (κ1) is 21.4. The Kier molecular flexibility index (Phi) is 9.25. The van der Waals surface area contributed by atoms with Crippen molar-refractivity contribution in [1.29, 1.82) is 0 Å². The van der Waals surface area contributed by atoms with Gasteiger partial charge < -0.3 is 25.0 Å². The third-order valence-electron chi connectivity index (χ3n) is 5.06. The van der Waals surface area contributed by atoms with Gasteiger partial charge in [0.25, 0.3) is 0 Å². The Morgan fingerprint density at radius 1 is 1.19 bits per heavy atom. The second-order valence-corrected chi connectivity index (χ2v) is 6.99. The first-order chi connectivity index (χ1) is 13.2. The summed E-state index contributed by atoms with van der Waals surface area (Å²) in [5.74, 6) is 3.11. The second kappa shape index (κ2) is 11.7. The number of guanidine groups is 1. The largest absolute Gasteiger partial charge is 0.493 e. The lowest BCUT2D eigenvalue weighted by atomic mass is 9.98. The summed E-state index contributed by atoms with van der Waals surface area (Å²) in [7, 11) is 3.32. The molecule has 1 aliphatic heterocycles. The third-order valence-corrected chi connectivity index (χ3v) is 5.06. The molecule has 27 heavy (non-hydrogen) atoms. The highest BCUT2D eigenvalue weighted by Gasteiger charge is 2.18. The van der Waals surface area contributed by atoms with E-state index in [0.29, 0.717) is 5.92 Å². The van der Waals surface area contributed by atoms with Crippen LogP contribution in [-0.4, -0.2) is 64.3 Å². The number of piperidine rings is 1. The zero-order chi connectivity index (χ0) is 19.5. The number of nitrogens with one attached hydrogen (secondary N) is 2. The van der Waals surface area contributed by atoms with Gasteiger partial charge in [0.15, 0.2) is 17.5 Å². The highest BCUT2D eigenvalue weighted by molar-refractivity contribution is 5.79. The summed E-state index contributed by atoms with van der Waals surface area (Å²) < 4.78 is 10.7. The Labute approximate surface area is 164 Å². The Hall–Kier alpha value is -1.95. The number of hydrogen-bond donors (Lipinski definition) is 2. The van der Waals surface area contributed by atoms with Crippen molar-refractivity contribution < 1.29 is 9.47 Å². The number of likely N-dealkylation sites (tertiary alicyclic amines) is 1. The molecule has 1 unspecified atom stereocenters. The van der Waals surface area contributed by atoms with Crippen LogP contribution in [0, 0.1) is 5.92 Å². The van der Waals surface area contributed by atoms with Gasteiger partial charge in [-0.1, -0.05) is 13.0 Å². The number of benzene rings is 1. The lowest BCUT2D eigenvalue weighted by molar-refractivity contribution is 0.186. The Morgan fingerprint density at radius 3 is 2.70 bits per heavy atom. The van der Waals surface area contributed by atoms with E-state index in [1.165, 1.54) is 31.5 Å². The highest BCUT2D eigenvalue weighted by atomic mass is 16.5. The zero-order valence-electron chi connectivity index (χ0n) is 17.4. The molecule has 0 spiro atoms. The predicted molar refractivity (Wildman–Crippen MR) is 112 cm³/mol. The molecular weight excluding hydrogens is 340 g/mol. The Balaban J connectivity index is 1.85. The minimum atomic E-state index is 0.667. The van der Waals surface area contributed by atoms with Gasteiger partial charge in [-0.25, -0.2) is 0 Å². The van der Waals surface area contributed by atoms with Gasteiger partial charge in [-0.3, -0.25) is 4.99 Å². The number of hydrogen-bond acceptors (Lipinski definition) is 4. The minimum absolute atomic E-state index is 0.667. The first-order valence-corrected chi connectivity index (χ1v) is 10.2. The van der Waals surface area contributed by atoms with Crippen molar-refractivity contribution in [2.24, 2.45) is 10.9 Å². The average molecular weight is 377 g/mol. The minimum Gasteiger partial charge on any atom is -0.493 e. The van der Waals surface area contributed by atoms with E-state index in [4.69, 9.17) is 14.5 Å². The van der Waals surface area contributed by atoms with Crippen molar-refractivity contribution in [3.8, 4) is 11.5 Å². The van der Waals surface area contributed by atoms with Crippen molar-refractivity contribution in [1.82, 2.24) is 15.5 Å². The van der Waals surface area contributed by atoms with Gasteiger partial charge in [-0.2, -0.15) is 0 Å². The normalized spacial score (nSPS) is 18.2. The number of aliphatic imine (C=N–C) groups is 1. The molecule has 0 saturated carbocycles. The molecule has 152 valence electrons. The second-order valence-electron chi connectivity index (χ2n) is 6.99. The highest BCUT2D eigenvalue weighted by Crippen LogP contribution is 2.27. The molecule has 1 heterocycles. The molecule has 0 amide bonds. The molecule has 1 atom stereocenters. The maximum absolute atomic E-state index is 5.38. The molecule has 0 radical (unpaired) electrons. The van der Waals surface area contributed by atoms with Gasteiger partial charge >= 0.3 is 0 Å². The molecule has 6 nitrogen and oxygen atoms in total. The van der Waals surface area contributed by atoms with Crippen molar-refractivity contribution in [2.45, 2.75) is 33.1 Å². The van der Waals surface area contributed by atoms with Gasteiger partial charge in [0.1, 0.15) is 0 Å². The molecule has 0 aromatic heterocycles. The average Bonchev–Trinajstić information content (AvgIpc) is 2.72. The van der Waals surface area contributed by atoms with Crippen LogP contribution in [0.1, 0.15) is 32.3 Å². The number of nitrogens with zero attached hydrogens (tertiary/aromatic N) is 2. The van der Waals surface area contributed by atoms with Gasteiger partial charge in [0.05, 0.1) is 14.2 Å². The predicted octanol–water partition coefficient (Wildman–Crippen LogP) is 2.53. The van der Waals surface area contributed by atoms with Crippen LogP contribution in [0.25, 0.3) is 0 Å². The molecule has 1 fully saturated rings. The molecule has 0 aliphatic carbocycles. The molecule has 1 saturated heterocycles. The van der Waals surface area contributed by atoms with Gasteiger partial charge in [0.2, 0.25) is 0 Å². The Morgan fingerprint density at radius 2 is 2.00 bits per heavy atom. The lowest BCUT2D eigenvalue weighted by Gasteiger charge is -2.31. The molecule has 1 aliphatic rings.